The van der Waals surface area contributed by atoms with Crippen LogP contribution in [-0.2, 0) is 19.4 Å². The number of benzene rings is 2. The van der Waals surface area contributed by atoms with E-state index < -0.39 is 20.7 Å². The molecule has 0 atom stereocenters. The number of hydrogen-bond acceptors (Lipinski definition) is 6. The van der Waals surface area contributed by atoms with E-state index in [4.69, 9.17) is 16.3 Å². The number of sulfone groups is 1. The third kappa shape index (κ3) is 4.77. The molecule has 0 radical (unpaired) electrons. The molecule has 0 aliphatic rings. The second kappa shape index (κ2) is 8.73. The molecule has 1 N–H and O–H groups in total. The highest BCUT2D eigenvalue weighted by atomic mass is 35.5. The van der Waals surface area contributed by atoms with Gasteiger partial charge in [0, 0.05) is 16.9 Å². The van der Waals surface area contributed by atoms with E-state index in [1.807, 2.05) is 6.92 Å². The van der Waals surface area contributed by atoms with Crippen LogP contribution < -0.4 is 10.1 Å². The maximum absolute atomic E-state index is 12.7. The van der Waals surface area contributed by atoms with E-state index in [1.165, 1.54) is 24.3 Å². The first-order valence-electron chi connectivity index (χ1n) is 7.67. The number of hydrogen-bond donors (Lipinski definition) is 1. The molecule has 26 heavy (non-hydrogen) atoms. The smallest absolute Gasteiger partial charge is 0.351 e. The van der Waals surface area contributed by atoms with Crippen molar-refractivity contribution >= 4 is 33.1 Å². The average molecular weight is 396 g/mol. The summed E-state index contributed by atoms with van der Waals surface area (Å²) < 4.78 is 35.4. The van der Waals surface area contributed by atoms with Gasteiger partial charge in [0.15, 0.2) is 4.91 Å². The van der Waals surface area contributed by atoms with Crippen LogP contribution in [0.4, 0.5) is 5.69 Å². The Bertz CT molecular complexity index is 890. The van der Waals surface area contributed by atoms with Gasteiger partial charge in [-0.05, 0) is 55.5 Å². The van der Waals surface area contributed by atoms with Crippen LogP contribution in [0.3, 0.4) is 0 Å². The third-order valence-electron chi connectivity index (χ3n) is 3.34. The van der Waals surface area contributed by atoms with Gasteiger partial charge in [-0.25, -0.2) is 13.2 Å². The summed E-state index contributed by atoms with van der Waals surface area (Å²) in [4.78, 5) is 11.4. The largest absolute Gasteiger partial charge is 0.494 e. The lowest BCUT2D eigenvalue weighted by Gasteiger charge is -2.09. The fourth-order valence-corrected chi connectivity index (χ4v) is 3.44. The van der Waals surface area contributed by atoms with Gasteiger partial charge in [0.25, 0.3) is 0 Å². The first-order valence-corrected chi connectivity index (χ1v) is 9.53. The van der Waals surface area contributed by atoms with Crippen molar-refractivity contribution in [2.45, 2.75) is 11.8 Å². The van der Waals surface area contributed by atoms with Crippen molar-refractivity contribution < 1.29 is 22.7 Å². The first kappa shape index (κ1) is 19.8. The molecule has 0 aliphatic heterocycles. The van der Waals surface area contributed by atoms with Crippen LogP contribution in [0.25, 0.3) is 0 Å². The standard InChI is InChI=1S/C18H18ClNO5S/c1-3-25-15-8-6-14(7-9-15)20-12-17(18(21)24-2)26(22,23)16-10-4-13(19)5-11-16/h4-12,20H,3H2,1-2H3. The molecule has 2 aromatic rings. The summed E-state index contributed by atoms with van der Waals surface area (Å²) in [6.07, 6.45) is 1.10. The normalized spacial score (nSPS) is 11.7. The number of ether oxygens (including phenoxy) is 2. The molecular weight excluding hydrogens is 378 g/mol. The zero-order chi connectivity index (χ0) is 19.2. The van der Waals surface area contributed by atoms with Gasteiger partial charge >= 0.3 is 5.97 Å². The van der Waals surface area contributed by atoms with Gasteiger partial charge in [0.1, 0.15) is 5.75 Å². The number of carbonyl (C=O) groups is 1. The number of methoxy groups -OCH3 is 1. The molecule has 6 nitrogen and oxygen atoms in total. The highest BCUT2D eigenvalue weighted by molar-refractivity contribution is 7.96. The minimum Gasteiger partial charge on any atom is -0.494 e. The second-order valence-corrected chi connectivity index (χ2v) is 7.41. The van der Waals surface area contributed by atoms with E-state index in [1.54, 1.807) is 24.3 Å². The summed E-state index contributed by atoms with van der Waals surface area (Å²) in [5.74, 6) is -0.289. The molecule has 138 valence electrons. The summed E-state index contributed by atoms with van der Waals surface area (Å²) in [5, 5.41) is 3.18. The molecule has 0 unspecified atom stereocenters. The highest BCUT2D eigenvalue weighted by Gasteiger charge is 2.28. The van der Waals surface area contributed by atoms with Gasteiger partial charge < -0.3 is 14.8 Å². The Kier molecular flexibility index (Phi) is 6.65. The Morgan fingerprint density at radius 1 is 1.12 bits per heavy atom. The summed E-state index contributed by atoms with van der Waals surface area (Å²) in [6.45, 7) is 2.41. The molecule has 0 saturated carbocycles. The molecule has 0 aliphatic carbocycles. The topological polar surface area (TPSA) is 81.7 Å². The van der Waals surface area contributed by atoms with E-state index in [-0.39, 0.29) is 4.90 Å². The molecule has 0 aromatic heterocycles. The van der Waals surface area contributed by atoms with Crippen molar-refractivity contribution in [3.05, 3.63) is 64.7 Å². The zero-order valence-electron chi connectivity index (χ0n) is 14.2. The van der Waals surface area contributed by atoms with Crippen molar-refractivity contribution in [3.63, 3.8) is 0 Å². The van der Waals surface area contributed by atoms with Crippen LogP contribution in [0.1, 0.15) is 6.92 Å². The average Bonchev–Trinajstić information content (AvgIpc) is 2.63. The Balaban J connectivity index is 2.33. The number of esters is 1. The molecule has 0 fully saturated rings. The van der Waals surface area contributed by atoms with Crippen molar-refractivity contribution in [2.75, 3.05) is 19.0 Å². The molecule has 8 heteroatoms. The van der Waals surface area contributed by atoms with Gasteiger partial charge in [-0.2, -0.15) is 0 Å². The van der Waals surface area contributed by atoms with Gasteiger partial charge in [0.2, 0.25) is 9.84 Å². The Labute approximate surface area is 157 Å². The van der Waals surface area contributed by atoms with Crippen molar-refractivity contribution in [1.82, 2.24) is 0 Å². The minimum atomic E-state index is -4.08. The second-order valence-electron chi connectivity index (χ2n) is 5.06. The maximum Gasteiger partial charge on any atom is 0.351 e. The van der Waals surface area contributed by atoms with E-state index in [9.17, 15) is 13.2 Å². The van der Waals surface area contributed by atoms with Crippen molar-refractivity contribution in [2.24, 2.45) is 0 Å². The predicted octanol–water partition coefficient (Wildman–Crippen LogP) is 3.64. The summed E-state index contributed by atoms with van der Waals surface area (Å²) >= 11 is 5.78. The van der Waals surface area contributed by atoms with E-state index in [0.717, 1.165) is 13.3 Å². The maximum atomic E-state index is 12.7. The van der Waals surface area contributed by atoms with Gasteiger partial charge in [0.05, 0.1) is 18.6 Å². The number of halogens is 1. The summed E-state index contributed by atoms with van der Waals surface area (Å²) in [6, 6.07) is 12.4. The van der Waals surface area contributed by atoms with Crippen LogP contribution in [0, 0.1) is 0 Å². The van der Waals surface area contributed by atoms with E-state index in [2.05, 4.69) is 10.1 Å². The van der Waals surface area contributed by atoms with Crippen molar-refractivity contribution in [3.8, 4) is 5.75 Å². The molecule has 0 bridgehead atoms. The summed E-state index contributed by atoms with van der Waals surface area (Å²) in [5.41, 5.74) is 0.584. The molecule has 0 spiro atoms. The number of carbonyl (C=O) groups excluding carboxylic acids is 1. The van der Waals surface area contributed by atoms with Gasteiger partial charge in [-0.1, -0.05) is 11.6 Å². The molecule has 0 saturated heterocycles. The monoisotopic (exact) mass is 395 g/mol. The third-order valence-corrected chi connectivity index (χ3v) is 5.34. The Morgan fingerprint density at radius 3 is 2.27 bits per heavy atom. The van der Waals surface area contributed by atoms with Gasteiger partial charge in [-0.3, -0.25) is 0 Å². The molecule has 0 heterocycles. The van der Waals surface area contributed by atoms with E-state index >= 15 is 0 Å². The number of rotatable bonds is 7. The lowest BCUT2D eigenvalue weighted by atomic mass is 10.3. The number of anilines is 1. The lowest BCUT2D eigenvalue weighted by molar-refractivity contribution is -0.135. The van der Waals surface area contributed by atoms with E-state index in [0.29, 0.717) is 23.1 Å². The lowest BCUT2D eigenvalue weighted by Crippen LogP contribution is -2.16. The van der Waals surface area contributed by atoms with Crippen LogP contribution in [-0.4, -0.2) is 28.1 Å². The Morgan fingerprint density at radius 2 is 1.73 bits per heavy atom. The zero-order valence-corrected chi connectivity index (χ0v) is 15.8. The Hall–Kier alpha value is -2.51. The SMILES string of the molecule is CCOc1ccc(NC=C(C(=O)OC)S(=O)(=O)c2ccc(Cl)cc2)cc1. The van der Waals surface area contributed by atoms with Gasteiger partial charge in [-0.15, -0.1) is 0 Å². The van der Waals surface area contributed by atoms with Crippen LogP contribution in [0.5, 0.6) is 5.75 Å². The summed E-state index contributed by atoms with van der Waals surface area (Å²) in [7, 11) is -2.96. The predicted molar refractivity (Wildman–Crippen MR) is 100.0 cm³/mol. The van der Waals surface area contributed by atoms with Crippen LogP contribution in [0.15, 0.2) is 64.5 Å². The fraction of sp³-hybridized carbons (Fsp3) is 0.167. The minimum absolute atomic E-state index is 0.0629. The molecule has 2 rings (SSSR count). The van der Waals surface area contributed by atoms with Crippen LogP contribution in [0.2, 0.25) is 5.02 Å². The van der Waals surface area contributed by atoms with Crippen molar-refractivity contribution in [1.29, 1.82) is 0 Å². The quantitative estimate of drug-likeness (QED) is 0.569. The first-order chi connectivity index (χ1) is 12.4. The number of nitrogens with one attached hydrogen (secondary N) is 1. The molecular formula is C18H18ClNO5S. The highest BCUT2D eigenvalue weighted by Crippen LogP contribution is 2.23. The van der Waals surface area contributed by atoms with Crippen LogP contribution >= 0.6 is 11.6 Å². The molecule has 2 aromatic carbocycles. The fourth-order valence-electron chi connectivity index (χ4n) is 2.05. The molecule has 0 amide bonds.